The van der Waals surface area contributed by atoms with E-state index in [-0.39, 0.29) is 0 Å². The Bertz CT molecular complexity index is 617. The minimum absolute atomic E-state index is 0.564. The average Bonchev–Trinajstić information content (AvgIpc) is 2.47. The van der Waals surface area contributed by atoms with Crippen LogP contribution in [-0.2, 0) is 5.75 Å². The number of pyridine rings is 1. The lowest BCUT2D eigenvalue weighted by molar-refractivity contribution is 0.960. The zero-order chi connectivity index (χ0) is 15.2. The van der Waals surface area contributed by atoms with E-state index >= 15 is 0 Å². The fraction of sp³-hybridized carbons (Fsp3) is 0.312. The first-order valence-corrected chi connectivity index (χ1v) is 8.63. The molecule has 112 valence electrons. The van der Waals surface area contributed by atoms with E-state index in [0.29, 0.717) is 15.9 Å². The summed E-state index contributed by atoms with van der Waals surface area (Å²) < 4.78 is 0. The van der Waals surface area contributed by atoms with Crippen LogP contribution in [0, 0.1) is 6.92 Å². The monoisotopic (exact) mass is 340 g/mol. The number of benzene rings is 1. The second kappa shape index (κ2) is 7.92. The lowest BCUT2D eigenvalue weighted by atomic mass is 10.1. The number of halogens is 2. The highest BCUT2D eigenvalue weighted by Gasteiger charge is 2.10. The molecule has 0 aliphatic rings. The van der Waals surface area contributed by atoms with Crippen molar-refractivity contribution in [2.24, 2.45) is 0 Å². The number of hydrogen-bond donors (Lipinski definition) is 1. The Morgan fingerprint density at radius 2 is 1.95 bits per heavy atom. The highest BCUT2D eigenvalue weighted by Crippen LogP contribution is 2.33. The molecule has 21 heavy (non-hydrogen) atoms. The van der Waals surface area contributed by atoms with Crippen molar-refractivity contribution in [2.75, 3.05) is 11.9 Å². The van der Waals surface area contributed by atoms with E-state index in [4.69, 9.17) is 23.2 Å². The van der Waals surface area contributed by atoms with Gasteiger partial charge in [-0.2, -0.15) is 0 Å². The average molecular weight is 341 g/mol. The standard InChI is InChI=1S/C16H18Cl2N2S/c1-3-8-19-15-13(17)9-14(18)16(20-15)21-10-12-7-5-4-6-11(12)2/h4-7,9H,3,8,10H2,1-2H3,(H,19,20). The second-order valence-corrected chi connectivity index (χ2v) is 6.53. The number of nitrogens with zero attached hydrogens (tertiary/aromatic N) is 1. The molecule has 0 spiro atoms. The maximum absolute atomic E-state index is 6.25. The first kappa shape index (κ1) is 16.5. The third kappa shape index (κ3) is 4.53. The summed E-state index contributed by atoms with van der Waals surface area (Å²) in [5.74, 6) is 1.55. The van der Waals surface area contributed by atoms with Gasteiger partial charge in [0.2, 0.25) is 0 Å². The molecule has 0 aliphatic carbocycles. The number of thioether (sulfide) groups is 1. The number of anilines is 1. The highest BCUT2D eigenvalue weighted by atomic mass is 35.5. The van der Waals surface area contributed by atoms with Gasteiger partial charge in [-0.15, -0.1) is 11.8 Å². The summed E-state index contributed by atoms with van der Waals surface area (Å²) in [6, 6.07) is 10.1. The van der Waals surface area contributed by atoms with E-state index in [1.54, 1.807) is 17.8 Å². The Morgan fingerprint density at radius 3 is 2.67 bits per heavy atom. The van der Waals surface area contributed by atoms with Gasteiger partial charge < -0.3 is 5.32 Å². The zero-order valence-corrected chi connectivity index (χ0v) is 14.4. The van der Waals surface area contributed by atoms with Gasteiger partial charge in [0, 0.05) is 12.3 Å². The Morgan fingerprint density at radius 1 is 1.19 bits per heavy atom. The van der Waals surface area contributed by atoms with E-state index < -0.39 is 0 Å². The molecule has 0 bridgehead atoms. The molecule has 1 aromatic heterocycles. The van der Waals surface area contributed by atoms with Crippen LogP contribution in [0.4, 0.5) is 5.82 Å². The molecule has 0 saturated carbocycles. The van der Waals surface area contributed by atoms with Gasteiger partial charge in [-0.25, -0.2) is 4.98 Å². The van der Waals surface area contributed by atoms with Crippen LogP contribution in [0.15, 0.2) is 35.4 Å². The van der Waals surface area contributed by atoms with E-state index in [1.165, 1.54) is 11.1 Å². The Labute approximate surface area is 140 Å². The molecule has 1 aromatic carbocycles. The molecule has 2 aromatic rings. The van der Waals surface area contributed by atoms with Crippen molar-refractivity contribution >= 4 is 40.8 Å². The van der Waals surface area contributed by atoms with Crippen molar-refractivity contribution in [3.05, 3.63) is 51.5 Å². The fourth-order valence-corrected chi connectivity index (χ4v) is 3.39. The molecule has 0 saturated heterocycles. The van der Waals surface area contributed by atoms with Gasteiger partial charge in [-0.05, 0) is 30.5 Å². The molecule has 0 unspecified atom stereocenters. The van der Waals surface area contributed by atoms with E-state index in [2.05, 4.69) is 36.3 Å². The zero-order valence-electron chi connectivity index (χ0n) is 12.1. The molecule has 0 aliphatic heterocycles. The van der Waals surface area contributed by atoms with E-state index in [1.807, 2.05) is 12.1 Å². The van der Waals surface area contributed by atoms with Crippen LogP contribution in [0.5, 0.6) is 0 Å². The predicted octanol–water partition coefficient (Wildman–Crippen LogP) is 5.81. The third-order valence-electron chi connectivity index (χ3n) is 3.07. The molecule has 0 fully saturated rings. The summed E-state index contributed by atoms with van der Waals surface area (Å²) >= 11 is 14.0. The molecule has 5 heteroatoms. The van der Waals surface area contributed by atoms with Crippen LogP contribution in [0.1, 0.15) is 24.5 Å². The normalized spacial score (nSPS) is 10.7. The predicted molar refractivity (Wildman–Crippen MR) is 93.8 cm³/mol. The summed E-state index contributed by atoms with van der Waals surface area (Å²) in [6.07, 6.45) is 1.02. The Hall–Kier alpha value is -0.900. The topological polar surface area (TPSA) is 24.9 Å². The molecular formula is C16H18Cl2N2S. The Kier molecular flexibility index (Phi) is 6.22. The second-order valence-electron chi connectivity index (χ2n) is 4.75. The van der Waals surface area contributed by atoms with Crippen LogP contribution < -0.4 is 5.32 Å². The van der Waals surface area contributed by atoms with Crippen molar-refractivity contribution < 1.29 is 0 Å². The first-order valence-electron chi connectivity index (χ1n) is 6.89. The van der Waals surface area contributed by atoms with Gasteiger partial charge in [0.05, 0.1) is 10.0 Å². The van der Waals surface area contributed by atoms with Crippen LogP contribution in [0.2, 0.25) is 10.0 Å². The minimum atomic E-state index is 0.564. The quantitative estimate of drug-likeness (QED) is 0.671. The molecule has 2 nitrogen and oxygen atoms in total. The number of rotatable bonds is 6. The van der Waals surface area contributed by atoms with Crippen LogP contribution in [0.25, 0.3) is 0 Å². The van der Waals surface area contributed by atoms with Crippen molar-refractivity contribution in [3.63, 3.8) is 0 Å². The van der Waals surface area contributed by atoms with Gasteiger partial charge in [0.25, 0.3) is 0 Å². The number of nitrogens with one attached hydrogen (secondary N) is 1. The lowest BCUT2D eigenvalue weighted by Gasteiger charge is -2.11. The van der Waals surface area contributed by atoms with Crippen molar-refractivity contribution in [1.29, 1.82) is 0 Å². The first-order chi connectivity index (χ1) is 10.1. The summed E-state index contributed by atoms with van der Waals surface area (Å²) in [7, 11) is 0. The smallest absolute Gasteiger partial charge is 0.146 e. The highest BCUT2D eigenvalue weighted by molar-refractivity contribution is 7.98. The molecule has 0 atom stereocenters. The number of aromatic nitrogens is 1. The van der Waals surface area contributed by atoms with Gasteiger partial charge in [-0.3, -0.25) is 0 Å². The largest absolute Gasteiger partial charge is 0.369 e. The van der Waals surface area contributed by atoms with Gasteiger partial charge in [0.15, 0.2) is 0 Å². The van der Waals surface area contributed by atoms with Gasteiger partial charge in [0.1, 0.15) is 10.8 Å². The maximum Gasteiger partial charge on any atom is 0.146 e. The van der Waals surface area contributed by atoms with Crippen molar-refractivity contribution in [1.82, 2.24) is 4.98 Å². The van der Waals surface area contributed by atoms with Gasteiger partial charge >= 0.3 is 0 Å². The fourth-order valence-electron chi connectivity index (χ4n) is 1.84. The maximum atomic E-state index is 6.25. The minimum Gasteiger partial charge on any atom is -0.369 e. The molecule has 1 heterocycles. The lowest BCUT2D eigenvalue weighted by Crippen LogP contribution is -2.03. The third-order valence-corrected chi connectivity index (χ3v) is 4.79. The molecular weight excluding hydrogens is 323 g/mol. The van der Waals surface area contributed by atoms with Crippen LogP contribution in [0.3, 0.4) is 0 Å². The van der Waals surface area contributed by atoms with Crippen LogP contribution in [-0.4, -0.2) is 11.5 Å². The molecule has 1 N–H and O–H groups in total. The van der Waals surface area contributed by atoms with E-state index in [9.17, 15) is 0 Å². The summed E-state index contributed by atoms with van der Waals surface area (Å²) in [5, 5.41) is 5.19. The molecule has 0 radical (unpaired) electrons. The SMILES string of the molecule is CCCNc1nc(SCc2ccccc2C)c(Cl)cc1Cl. The van der Waals surface area contributed by atoms with Crippen molar-refractivity contribution in [3.8, 4) is 0 Å². The number of hydrogen-bond acceptors (Lipinski definition) is 3. The summed E-state index contributed by atoms with van der Waals surface area (Å²) in [6.45, 7) is 5.06. The summed E-state index contributed by atoms with van der Waals surface area (Å²) in [5.41, 5.74) is 2.57. The molecule has 0 amide bonds. The Balaban J connectivity index is 2.14. The number of aryl methyl sites for hydroxylation is 1. The van der Waals surface area contributed by atoms with Gasteiger partial charge in [-0.1, -0.05) is 54.4 Å². The van der Waals surface area contributed by atoms with E-state index in [0.717, 1.165) is 23.7 Å². The molecule has 2 rings (SSSR count). The van der Waals surface area contributed by atoms with Crippen molar-refractivity contribution in [2.45, 2.75) is 31.0 Å². The van der Waals surface area contributed by atoms with Crippen LogP contribution >= 0.6 is 35.0 Å². The summed E-state index contributed by atoms with van der Waals surface area (Å²) in [4.78, 5) is 4.54.